The highest BCUT2D eigenvalue weighted by Crippen LogP contribution is 2.45. The molecule has 0 radical (unpaired) electrons. The van der Waals surface area contributed by atoms with E-state index in [0.29, 0.717) is 32.7 Å². The van der Waals surface area contributed by atoms with Gasteiger partial charge in [0.05, 0.1) is 20.6 Å². The van der Waals surface area contributed by atoms with Gasteiger partial charge in [-0.25, -0.2) is 0 Å². The van der Waals surface area contributed by atoms with Gasteiger partial charge in [-0.2, -0.15) is 0 Å². The van der Waals surface area contributed by atoms with Crippen molar-refractivity contribution in [3.8, 4) is 44.5 Å². The summed E-state index contributed by atoms with van der Waals surface area (Å²) in [7, 11) is 0. The Balaban J connectivity index is 1.40. The lowest BCUT2D eigenvalue weighted by Gasteiger charge is -2.18. The van der Waals surface area contributed by atoms with Crippen molar-refractivity contribution in [3.63, 3.8) is 0 Å². The minimum atomic E-state index is -0.685. The summed E-state index contributed by atoms with van der Waals surface area (Å²) >= 11 is 0. The lowest BCUT2D eigenvalue weighted by Crippen LogP contribution is -1.91. The van der Waals surface area contributed by atoms with Crippen molar-refractivity contribution >= 4 is 43.5 Å². The van der Waals surface area contributed by atoms with E-state index in [9.17, 15) is 5.48 Å². The molecule has 210 valence electrons. The molecular weight excluding hydrogens is 544 g/mol. The van der Waals surface area contributed by atoms with Gasteiger partial charge in [-0.3, -0.25) is 0 Å². The Morgan fingerprint density at radius 2 is 0.800 bits per heavy atom. The zero-order valence-corrected chi connectivity index (χ0v) is 23.4. The SMILES string of the molecule is [2H]c1c([2H])c([2H])c(-c2c([2H])c([2H])c([2H])c(-c3c4ccccc4c(-c4c([2H])c([2H])c5c(oc6c([2H])c(-c7ccccc7)c([2H])c([2H])c65)c4[2H])c4ccccc34)c2[2H])c([2H])c1[2H]. The third kappa shape index (κ3) is 4.24. The molecule has 0 atom stereocenters. The molecule has 1 heteroatoms. The Hall–Kier alpha value is -5.92. The van der Waals surface area contributed by atoms with Gasteiger partial charge in [-0.05, 0) is 96.3 Å². The molecule has 8 aromatic carbocycles. The van der Waals surface area contributed by atoms with Crippen LogP contribution in [0.1, 0.15) is 20.6 Å². The largest absolute Gasteiger partial charge is 0.456 e. The van der Waals surface area contributed by atoms with E-state index >= 15 is 0 Å². The maximum absolute atomic E-state index is 9.61. The van der Waals surface area contributed by atoms with Crippen molar-refractivity contribution in [3.05, 3.63) is 169 Å². The molecule has 0 unspecified atom stereocenters. The van der Waals surface area contributed by atoms with E-state index in [2.05, 4.69) is 0 Å². The fourth-order valence-corrected chi connectivity index (χ4v) is 5.90. The van der Waals surface area contributed by atoms with Gasteiger partial charge in [0.15, 0.2) is 0 Å². The molecule has 0 amide bonds. The molecule has 1 aromatic heterocycles. The van der Waals surface area contributed by atoms with Gasteiger partial charge in [0.1, 0.15) is 11.2 Å². The lowest BCUT2D eigenvalue weighted by atomic mass is 9.85. The van der Waals surface area contributed by atoms with Crippen molar-refractivity contribution in [2.24, 2.45) is 0 Å². The molecule has 1 nitrogen and oxygen atoms in total. The molecule has 0 bridgehead atoms. The van der Waals surface area contributed by atoms with E-state index in [4.69, 9.17) is 19.5 Å². The first-order valence-electron chi connectivity index (χ1n) is 21.7. The topological polar surface area (TPSA) is 13.1 Å². The van der Waals surface area contributed by atoms with Crippen LogP contribution in [-0.2, 0) is 0 Å². The lowest BCUT2D eigenvalue weighted by molar-refractivity contribution is 0.669. The number of furan rings is 1. The molecule has 9 aromatic rings. The van der Waals surface area contributed by atoms with Gasteiger partial charge < -0.3 is 4.42 Å². The van der Waals surface area contributed by atoms with E-state index in [-0.39, 0.29) is 80.4 Å². The molecule has 45 heavy (non-hydrogen) atoms. The normalized spacial score (nSPS) is 16.2. The summed E-state index contributed by atoms with van der Waals surface area (Å²) in [5, 5.41) is 1.54. The molecule has 1 heterocycles. The van der Waals surface area contributed by atoms with Crippen molar-refractivity contribution in [1.29, 1.82) is 0 Å². The fourth-order valence-electron chi connectivity index (χ4n) is 5.90. The highest BCUT2D eigenvalue weighted by Gasteiger charge is 2.18. The molecule has 0 saturated carbocycles. The zero-order valence-electron chi connectivity index (χ0n) is 38.4. The summed E-state index contributed by atoms with van der Waals surface area (Å²) in [6.07, 6.45) is 0. The second-order valence-corrected chi connectivity index (χ2v) is 10.5. The number of fused-ring (bicyclic) bond motifs is 5. The van der Waals surface area contributed by atoms with Crippen molar-refractivity contribution < 1.29 is 25.0 Å². The molecule has 0 spiro atoms. The van der Waals surface area contributed by atoms with E-state index in [0.717, 1.165) is 0 Å². The van der Waals surface area contributed by atoms with Crippen LogP contribution in [0, 0.1) is 0 Å². The summed E-state index contributed by atoms with van der Waals surface area (Å²) < 4.78 is 140. The Bertz CT molecular complexity index is 3290. The molecule has 0 aliphatic heterocycles. The molecule has 0 saturated heterocycles. The van der Waals surface area contributed by atoms with E-state index in [1.807, 2.05) is 0 Å². The quantitative estimate of drug-likeness (QED) is 0.187. The molecule has 0 aliphatic carbocycles. The van der Waals surface area contributed by atoms with Crippen LogP contribution < -0.4 is 0 Å². The summed E-state index contributed by atoms with van der Waals surface area (Å²) in [6.45, 7) is 0. The van der Waals surface area contributed by atoms with Crippen LogP contribution in [0.5, 0.6) is 0 Å². The highest BCUT2D eigenvalue weighted by atomic mass is 16.3. The van der Waals surface area contributed by atoms with Crippen LogP contribution in [0.15, 0.2) is 174 Å². The van der Waals surface area contributed by atoms with Gasteiger partial charge >= 0.3 is 0 Å². The van der Waals surface area contributed by atoms with Crippen molar-refractivity contribution in [2.75, 3.05) is 0 Å². The second-order valence-electron chi connectivity index (χ2n) is 10.5. The van der Waals surface area contributed by atoms with Crippen LogP contribution in [0.4, 0.5) is 0 Å². The fraction of sp³-hybridized carbons (Fsp3) is 0. The minimum Gasteiger partial charge on any atom is -0.456 e. The van der Waals surface area contributed by atoms with Crippen molar-refractivity contribution in [1.82, 2.24) is 0 Å². The first kappa shape index (κ1) is 14.7. The zero-order chi connectivity index (χ0) is 42.8. The molecule has 0 aliphatic rings. The molecule has 0 N–H and O–H groups in total. The Kier molecular flexibility index (Phi) is 3.39. The molecular formula is C44H28O. The van der Waals surface area contributed by atoms with E-state index < -0.39 is 65.5 Å². The smallest absolute Gasteiger partial charge is 0.136 e. The summed E-state index contributed by atoms with van der Waals surface area (Å²) in [4.78, 5) is 0. The Labute approximate surface area is 282 Å². The standard InChI is InChI=1S/C44H28O/c1-3-12-29(13-4-1)31-16-11-17-33(26-31)43-37-18-7-9-20-39(37)44(40-21-10-8-19-38(40)43)34-23-25-36-35-24-22-32(30-14-5-2-6-15-30)27-41(35)45-42(36)28-34/h1-28H/i1D,3D,4D,11D,12D,13D,16D,17D,22D,23D,24D,25D,26D,27D,28D. The predicted molar refractivity (Wildman–Crippen MR) is 190 cm³/mol. The molecule has 9 rings (SSSR count). The van der Waals surface area contributed by atoms with Crippen molar-refractivity contribution in [2.45, 2.75) is 0 Å². The second kappa shape index (κ2) is 10.4. The molecule has 0 fully saturated rings. The average Bonchev–Trinajstić information content (AvgIpc) is 3.67. The van der Waals surface area contributed by atoms with Gasteiger partial charge in [0.25, 0.3) is 0 Å². The monoisotopic (exact) mass is 587 g/mol. The average molecular weight is 588 g/mol. The minimum absolute atomic E-state index is 0.0161. The third-order valence-electron chi connectivity index (χ3n) is 7.88. The number of hydrogen-bond donors (Lipinski definition) is 0. The van der Waals surface area contributed by atoms with Crippen LogP contribution in [0.25, 0.3) is 88.0 Å². The number of hydrogen-bond acceptors (Lipinski definition) is 1. The summed E-state index contributed by atoms with van der Waals surface area (Å²) in [6, 6.07) is 14.8. The number of rotatable bonds is 4. The Morgan fingerprint density at radius 3 is 1.42 bits per heavy atom. The van der Waals surface area contributed by atoms with Gasteiger partial charge in [0.2, 0.25) is 0 Å². The first-order chi connectivity index (χ1) is 28.6. The van der Waals surface area contributed by atoms with Crippen LogP contribution >= 0.6 is 0 Å². The highest BCUT2D eigenvalue weighted by molar-refractivity contribution is 6.22. The van der Waals surface area contributed by atoms with Gasteiger partial charge in [-0.15, -0.1) is 0 Å². The van der Waals surface area contributed by atoms with E-state index in [1.54, 1.807) is 78.9 Å². The maximum Gasteiger partial charge on any atom is 0.136 e. The number of benzene rings is 8. The van der Waals surface area contributed by atoms with Crippen LogP contribution in [0.3, 0.4) is 0 Å². The van der Waals surface area contributed by atoms with Gasteiger partial charge in [0, 0.05) is 10.8 Å². The van der Waals surface area contributed by atoms with Crippen LogP contribution in [-0.4, -0.2) is 0 Å². The summed E-state index contributed by atoms with van der Waals surface area (Å²) in [5.41, 5.74) is -0.0272. The van der Waals surface area contributed by atoms with Crippen LogP contribution in [0.2, 0.25) is 0 Å². The summed E-state index contributed by atoms with van der Waals surface area (Å²) in [5.74, 6) is 0. The first-order valence-corrected chi connectivity index (χ1v) is 14.2. The van der Waals surface area contributed by atoms with Gasteiger partial charge in [-0.1, -0.05) is 139 Å². The predicted octanol–water partition coefficient (Wildman–Crippen LogP) is 12.6. The maximum atomic E-state index is 9.61. The Morgan fingerprint density at radius 1 is 0.333 bits per heavy atom. The third-order valence-corrected chi connectivity index (χ3v) is 7.88. The van der Waals surface area contributed by atoms with E-state index in [1.165, 1.54) is 0 Å².